The van der Waals surface area contributed by atoms with E-state index in [1.807, 2.05) is 10.8 Å². The number of nitrogens with zero attached hydrogens (tertiary/aromatic N) is 4. The van der Waals surface area contributed by atoms with Crippen LogP contribution in [0.15, 0.2) is 40.1 Å². The molecule has 0 atom stereocenters. The van der Waals surface area contributed by atoms with Gasteiger partial charge in [0.15, 0.2) is 0 Å². The standard InChI is InChI=1S/C11H11N5O2/c12-2-3-16-5-9(13-7-16)11-14-10(15-18-11)8-1-4-17-6-8/h1,4-7H,2-3,12H2. The molecule has 0 unspecified atom stereocenters. The lowest BCUT2D eigenvalue weighted by Crippen LogP contribution is -2.07. The largest absolute Gasteiger partial charge is 0.472 e. The van der Waals surface area contributed by atoms with E-state index in [0.717, 1.165) is 5.56 Å². The molecule has 0 aliphatic carbocycles. The van der Waals surface area contributed by atoms with Gasteiger partial charge in [0, 0.05) is 19.3 Å². The molecule has 0 aliphatic heterocycles. The van der Waals surface area contributed by atoms with Gasteiger partial charge in [-0.25, -0.2) is 4.98 Å². The molecule has 18 heavy (non-hydrogen) atoms. The Morgan fingerprint density at radius 3 is 3.11 bits per heavy atom. The third-order valence-corrected chi connectivity index (χ3v) is 2.45. The highest BCUT2D eigenvalue weighted by Crippen LogP contribution is 2.20. The van der Waals surface area contributed by atoms with E-state index in [0.29, 0.717) is 30.5 Å². The van der Waals surface area contributed by atoms with Gasteiger partial charge in [-0.3, -0.25) is 0 Å². The monoisotopic (exact) mass is 245 g/mol. The van der Waals surface area contributed by atoms with Gasteiger partial charge in [0.25, 0.3) is 5.89 Å². The minimum Gasteiger partial charge on any atom is -0.472 e. The maximum atomic E-state index is 5.47. The van der Waals surface area contributed by atoms with Crippen LogP contribution in [0.25, 0.3) is 23.0 Å². The molecule has 2 N–H and O–H groups in total. The number of aromatic nitrogens is 4. The Morgan fingerprint density at radius 2 is 2.33 bits per heavy atom. The maximum absolute atomic E-state index is 5.47. The molecule has 7 nitrogen and oxygen atoms in total. The van der Waals surface area contributed by atoms with Crippen LogP contribution < -0.4 is 5.73 Å². The molecule has 0 aliphatic rings. The lowest BCUT2D eigenvalue weighted by molar-refractivity contribution is 0.431. The van der Waals surface area contributed by atoms with E-state index in [4.69, 9.17) is 14.7 Å². The normalized spacial score (nSPS) is 10.9. The van der Waals surface area contributed by atoms with Crippen LogP contribution in [-0.4, -0.2) is 26.2 Å². The molecule has 3 rings (SSSR count). The maximum Gasteiger partial charge on any atom is 0.278 e. The molecule has 3 aromatic rings. The van der Waals surface area contributed by atoms with Crippen molar-refractivity contribution in [3.8, 4) is 23.0 Å². The van der Waals surface area contributed by atoms with Crippen LogP contribution in [-0.2, 0) is 6.54 Å². The highest BCUT2D eigenvalue weighted by Gasteiger charge is 2.13. The molecule has 0 fully saturated rings. The molecule has 0 aromatic carbocycles. The lowest BCUT2D eigenvalue weighted by Gasteiger charge is -1.94. The van der Waals surface area contributed by atoms with Crippen molar-refractivity contribution in [1.82, 2.24) is 19.7 Å². The second-order valence-electron chi connectivity index (χ2n) is 3.72. The predicted molar refractivity (Wildman–Crippen MR) is 62.3 cm³/mol. The summed E-state index contributed by atoms with van der Waals surface area (Å²) in [5.74, 6) is 0.856. The van der Waals surface area contributed by atoms with Gasteiger partial charge in [0.2, 0.25) is 5.82 Å². The predicted octanol–water partition coefficient (Wildman–Crippen LogP) is 1.15. The van der Waals surface area contributed by atoms with Crippen LogP contribution >= 0.6 is 0 Å². The van der Waals surface area contributed by atoms with Gasteiger partial charge in [-0.2, -0.15) is 4.98 Å². The topological polar surface area (TPSA) is 95.9 Å². The fourth-order valence-electron chi connectivity index (χ4n) is 1.58. The zero-order valence-corrected chi connectivity index (χ0v) is 9.48. The van der Waals surface area contributed by atoms with Gasteiger partial charge in [-0.05, 0) is 6.07 Å². The van der Waals surface area contributed by atoms with Crippen molar-refractivity contribution in [2.45, 2.75) is 6.54 Å². The summed E-state index contributed by atoms with van der Waals surface area (Å²) in [6.07, 6.45) is 6.62. The second kappa shape index (κ2) is 4.46. The van der Waals surface area contributed by atoms with E-state index in [9.17, 15) is 0 Å². The first-order chi connectivity index (χ1) is 8.86. The van der Waals surface area contributed by atoms with Gasteiger partial charge in [0.1, 0.15) is 12.0 Å². The average Bonchev–Trinajstić information content (AvgIpc) is 3.10. The molecular weight excluding hydrogens is 234 g/mol. The van der Waals surface area contributed by atoms with Crippen LogP contribution in [0, 0.1) is 0 Å². The van der Waals surface area contributed by atoms with Gasteiger partial charge in [-0.15, -0.1) is 0 Å². The molecule has 92 valence electrons. The molecule has 0 bridgehead atoms. The molecule has 0 amide bonds. The Hall–Kier alpha value is -2.41. The summed E-state index contributed by atoms with van der Waals surface area (Å²) in [6, 6.07) is 1.77. The Morgan fingerprint density at radius 1 is 1.39 bits per heavy atom. The van der Waals surface area contributed by atoms with Gasteiger partial charge in [-0.1, -0.05) is 5.16 Å². The fraction of sp³-hybridized carbons (Fsp3) is 0.182. The number of furan rings is 1. The molecule has 3 heterocycles. The first kappa shape index (κ1) is 10.7. The van der Waals surface area contributed by atoms with Crippen molar-refractivity contribution < 1.29 is 8.94 Å². The number of rotatable bonds is 4. The minimum atomic E-state index is 0.377. The van der Waals surface area contributed by atoms with Crippen molar-refractivity contribution in [2.75, 3.05) is 6.54 Å². The van der Waals surface area contributed by atoms with Gasteiger partial charge in [0.05, 0.1) is 18.2 Å². The van der Waals surface area contributed by atoms with Crippen molar-refractivity contribution in [3.63, 3.8) is 0 Å². The Labute approximate surface area is 102 Å². The number of hydrogen-bond donors (Lipinski definition) is 1. The summed E-state index contributed by atoms with van der Waals surface area (Å²) in [6.45, 7) is 1.26. The number of hydrogen-bond acceptors (Lipinski definition) is 6. The number of imidazole rings is 1. The zero-order valence-electron chi connectivity index (χ0n) is 9.48. The fourth-order valence-corrected chi connectivity index (χ4v) is 1.58. The van der Waals surface area contributed by atoms with Crippen LogP contribution in [0.5, 0.6) is 0 Å². The summed E-state index contributed by atoms with van der Waals surface area (Å²) in [5, 5.41) is 3.87. The Kier molecular flexibility index (Phi) is 2.66. The van der Waals surface area contributed by atoms with E-state index < -0.39 is 0 Å². The van der Waals surface area contributed by atoms with Crippen LogP contribution in [0.2, 0.25) is 0 Å². The highest BCUT2D eigenvalue weighted by molar-refractivity contribution is 5.55. The molecule has 0 saturated carbocycles. The van der Waals surface area contributed by atoms with Crippen LogP contribution in [0.1, 0.15) is 0 Å². The molecule has 0 spiro atoms. The van der Waals surface area contributed by atoms with Crippen molar-refractivity contribution >= 4 is 0 Å². The molecular formula is C11H11N5O2. The summed E-state index contributed by atoms with van der Waals surface area (Å²) in [5.41, 5.74) is 6.87. The van der Waals surface area contributed by atoms with Crippen molar-refractivity contribution in [3.05, 3.63) is 31.1 Å². The lowest BCUT2D eigenvalue weighted by atomic mass is 10.3. The first-order valence-corrected chi connectivity index (χ1v) is 5.45. The number of nitrogens with two attached hydrogens (primary N) is 1. The summed E-state index contributed by atoms with van der Waals surface area (Å²) < 4.78 is 12.0. The Bertz CT molecular complexity index is 625. The van der Waals surface area contributed by atoms with Crippen LogP contribution in [0.3, 0.4) is 0 Å². The van der Waals surface area contributed by atoms with E-state index in [2.05, 4.69) is 15.1 Å². The highest BCUT2D eigenvalue weighted by atomic mass is 16.5. The second-order valence-corrected chi connectivity index (χ2v) is 3.72. The van der Waals surface area contributed by atoms with Crippen molar-refractivity contribution in [2.24, 2.45) is 5.73 Å². The average molecular weight is 245 g/mol. The van der Waals surface area contributed by atoms with E-state index >= 15 is 0 Å². The Balaban J connectivity index is 1.88. The van der Waals surface area contributed by atoms with Crippen LogP contribution in [0.4, 0.5) is 0 Å². The molecule has 7 heteroatoms. The third-order valence-electron chi connectivity index (χ3n) is 2.45. The quantitative estimate of drug-likeness (QED) is 0.740. The van der Waals surface area contributed by atoms with E-state index in [1.54, 1.807) is 24.9 Å². The summed E-state index contributed by atoms with van der Waals surface area (Å²) in [7, 11) is 0. The summed E-state index contributed by atoms with van der Waals surface area (Å²) >= 11 is 0. The summed E-state index contributed by atoms with van der Waals surface area (Å²) in [4.78, 5) is 8.44. The SMILES string of the molecule is NCCn1cnc(-c2nc(-c3ccoc3)no2)c1. The van der Waals surface area contributed by atoms with Crippen molar-refractivity contribution in [1.29, 1.82) is 0 Å². The van der Waals surface area contributed by atoms with Gasteiger partial charge < -0.3 is 19.2 Å². The zero-order chi connectivity index (χ0) is 12.4. The smallest absolute Gasteiger partial charge is 0.278 e. The van der Waals surface area contributed by atoms with Gasteiger partial charge >= 0.3 is 0 Å². The van der Waals surface area contributed by atoms with E-state index in [1.165, 1.54) is 0 Å². The molecule has 0 radical (unpaired) electrons. The molecule has 3 aromatic heterocycles. The van der Waals surface area contributed by atoms with E-state index in [-0.39, 0.29) is 0 Å². The minimum absolute atomic E-state index is 0.377. The molecule has 0 saturated heterocycles. The first-order valence-electron chi connectivity index (χ1n) is 5.45. The third kappa shape index (κ3) is 1.91.